The van der Waals surface area contributed by atoms with Crippen molar-refractivity contribution in [2.45, 2.75) is 23.2 Å². The number of halogens is 1. The minimum Gasteiger partial charge on any atom is -0.504 e. The van der Waals surface area contributed by atoms with Gasteiger partial charge >= 0.3 is 0 Å². The summed E-state index contributed by atoms with van der Waals surface area (Å²) in [6.07, 6.45) is 0.0179. The fraction of sp³-hybridized carbons (Fsp3) is 0.150. The molecular formula is C20H16FN3O4S. The molecule has 148 valence electrons. The highest BCUT2D eigenvalue weighted by Gasteiger charge is 2.31. The second kappa shape index (κ2) is 7.59. The van der Waals surface area contributed by atoms with E-state index in [-0.39, 0.29) is 35.5 Å². The number of hydrogen-bond donors (Lipinski definition) is 4. The minimum absolute atomic E-state index is 0.0179. The van der Waals surface area contributed by atoms with Crippen LogP contribution in [0.1, 0.15) is 29.0 Å². The number of rotatable bonds is 4. The Morgan fingerprint density at radius 3 is 2.59 bits per heavy atom. The Balaban J connectivity index is 1.65. The van der Waals surface area contributed by atoms with E-state index in [9.17, 15) is 24.2 Å². The SMILES string of the molecule is O=C1CC(c2ccc(O)c(O)c2)c2c(nc(SCc3ccc(F)cc3)[nH]c2=O)N1. The number of carbonyl (C=O) groups is 1. The Morgan fingerprint density at radius 2 is 1.86 bits per heavy atom. The number of phenols is 2. The van der Waals surface area contributed by atoms with E-state index in [0.29, 0.717) is 22.0 Å². The van der Waals surface area contributed by atoms with Crippen LogP contribution in [0.2, 0.25) is 0 Å². The fourth-order valence-electron chi connectivity index (χ4n) is 3.19. The molecule has 1 aliphatic heterocycles. The molecule has 1 amide bonds. The van der Waals surface area contributed by atoms with Crippen molar-refractivity contribution in [2.24, 2.45) is 0 Å². The van der Waals surface area contributed by atoms with Gasteiger partial charge < -0.3 is 20.5 Å². The number of H-pyrrole nitrogens is 1. The topological polar surface area (TPSA) is 115 Å². The summed E-state index contributed by atoms with van der Waals surface area (Å²) >= 11 is 1.26. The molecule has 0 spiro atoms. The molecule has 1 unspecified atom stereocenters. The summed E-state index contributed by atoms with van der Waals surface area (Å²) in [7, 11) is 0. The Bertz CT molecular complexity index is 1150. The second-order valence-corrected chi connectivity index (χ2v) is 7.57. The summed E-state index contributed by atoms with van der Waals surface area (Å²) < 4.78 is 13.0. The zero-order valence-electron chi connectivity index (χ0n) is 15.0. The van der Waals surface area contributed by atoms with Gasteiger partial charge in [0.05, 0.1) is 5.56 Å². The van der Waals surface area contributed by atoms with Crippen LogP contribution < -0.4 is 10.9 Å². The van der Waals surface area contributed by atoms with Crippen molar-refractivity contribution in [3.63, 3.8) is 0 Å². The van der Waals surface area contributed by atoms with Gasteiger partial charge in [0.2, 0.25) is 5.91 Å². The molecule has 1 aromatic heterocycles. The van der Waals surface area contributed by atoms with Crippen molar-refractivity contribution in [1.29, 1.82) is 0 Å². The lowest BCUT2D eigenvalue weighted by Crippen LogP contribution is -2.31. The molecule has 2 aromatic carbocycles. The Hall–Kier alpha value is -3.33. The lowest BCUT2D eigenvalue weighted by Gasteiger charge is -2.24. The summed E-state index contributed by atoms with van der Waals surface area (Å²) in [5.74, 6) is -1.21. The van der Waals surface area contributed by atoms with E-state index in [1.165, 1.54) is 36.0 Å². The largest absolute Gasteiger partial charge is 0.504 e. The lowest BCUT2D eigenvalue weighted by molar-refractivity contribution is -0.116. The number of anilines is 1. The van der Waals surface area contributed by atoms with E-state index in [0.717, 1.165) is 5.56 Å². The first-order chi connectivity index (χ1) is 13.9. The van der Waals surface area contributed by atoms with Crippen LogP contribution in [0, 0.1) is 5.82 Å². The molecule has 4 N–H and O–H groups in total. The van der Waals surface area contributed by atoms with Gasteiger partial charge in [-0.25, -0.2) is 9.37 Å². The molecule has 0 saturated heterocycles. The average molecular weight is 413 g/mol. The van der Waals surface area contributed by atoms with Gasteiger partial charge in [-0.05, 0) is 35.4 Å². The molecule has 0 bridgehead atoms. The Labute approximate surface area is 168 Å². The van der Waals surface area contributed by atoms with Gasteiger partial charge in [-0.15, -0.1) is 0 Å². The van der Waals surface area contributed by atoms with Gasteiger partial charge in [0.25, 0.3) is 5.56 Å². The van der Waals surface area contributed by atoms with Gasteiger partial charge in [0, 0.05) is 18.1 Å². The molecule has 29 heavy (non-hydrogen) atoms. The third kappa shape index (κ3) is 3.95. The molecule has 9 heteroatoms. The maximum Gasteiger partial charge on any atom is 0.257 e. The number of aromatic amines is 1. The molecule has 3 aromatic rings. The average Bonchev–Trinajstić information content (AvgIpc) is 2.68. The van der Waals surface area contributed by atoms with Crippen molar-refractivity contribution in [2.75, 3.05) is 5.32 Å². The van der Waals surface area contributed by atoms with E-state index in [1.807, 2.05) is 0 Å². The number of benzene rings is 2. The van der Waals surface area contributed by atoms with Crippen LogP contribution in [0.3, 0.4) is 0 Å². The first kappa shape index (κ1) is 19.0. The summed E-state index contributed by atoms with van der Waals surface area (Å²) in [6, 6.07) is 10.2. The van der Waals surface area contributed by atoms with Crippen LogP contribution >= 0.6 is 11.8 Å². The highest BCUT2D eigenvalue weighted by atomic mass is 32.2. The van der Waals surface area contributed by atoms with Gasteiger partial charge in [-0.2, -0.15) is 0 Å². The zero-order chi connectivity index (χ0) is 20.5. The number of carbonyl (C=O) groups excluding carboxylic acids is 1. The predicted octanol–water partition coefficient (Wildman–Crippen LogP) is 3.09. The molecule has 2 heterocycles. The predicted molar refractivity (Wildman–Crippen MR) is 106 cm³/mol. The first-order valence-corrected chi connectivity index (χ1v) is 9.72. The van der Waals surface area contributed by atoms with E-state index in [1.54, 1.807) is 18.2 Å². The van der Waals surface area contributed by atoms with E-state index < -0.39 is 11.5 Å². The van der Waals surface area contributed by atoms with E-state index in [4.69, 9.17) is 0 Å². The van der Waals surface area contributed by atoms with Crippen molar-refractivity contribution in [3.8, 4) is 11.5 Å². The van der Waals surface area contributed by atoms with Gasteiger partial charge in [-0.3, -0.25) is 9.59 Å². The summed E-state index contributed by atoms with van der Waals surface area (Å²) in [6.45, 7) is 0. The van der Waals surface area contributed by atoms with Crippen molar-refractivity contribution in [3.05, 3.63) is 75.3 Å². The summed E-state index contributed by atoms with van der Waals surface area (Å²) in [5, 5.41) is 22.2. The number of amides is 1. The summed E-state index contributed by atoms with van der Waals surface area (Å²) in [5.41, 5.74) is 1.28. The van der Waals surface area contributed by atoms with Crippen molar-refractivity contribution in [1.82, 2.24) is 9.97 Å². The Kier molecular flexibility index (Phi) is 4.98. The molecule has 0 radical (unpaired) electrons. The smallest absolute Gasteiger partial charge is 0.257 e. The number of phenolic OH excluding ortho intramolecular Hbond substituents is 2. The number of fused-ring (bicyclic) bond motifs is 1. The summed E-state index contributed by atoms with van der Waals surface area (Å²) in [4.78, 5) is 32.0. The number of aromatic nitrogens is 2. The van der Waals surface area contributed by atoms with Crippen LogP contribution in [0.25, 0.3) is 0 Å². The normalized spacial score (nSPS) is 15.6. The van der Waals surface area contributed by atoms with Gasteiger partial charge in [0.15, 0.2) is 16.7 Å². The van der Waals surface area contributed by atoms with Crippen LogP contribution in [-0.4, -0.2) is 26.1 Å². The van der Waals surface area contributed by atoms with E-state index in [2.05, 4.69) is 15.3 Å². The maximum absolute atomic E-state index is 13.0. The third-order valence-electron chi connectivity index (χ3n) is 4.62. The molecule has 0 aliphatic carbocycles. The molecule has 7 nitrogen and oxygen atoms in total. The molecule has 1 aliphatic rings. The minimum atomic E-state index is -0.599. The molecule has 0 saturated carbocycles. The van der Waals surface area contributed by atoms with E-state index >= 15 is 0 Å². The highest BCUT2D eigenvalue weighted by Crippen LogP contribution is 2.37. The lowest BCUT2D eigenvalue weighted by atomic mass is 9.86. The quantitative estimate of drug-likeness (QED) is 0.297. The van der Waals surface area contributed by atoms with Crippen LogP contribution in [0.4, 0.5) is 10.2 Å². The Morgan fingerprint density at radius 1 is 1.10 bits per heavy atom. The van der Waals surface area contributed by atoms with Gasteiger partial charge in [-0.1, -0.05) is 30.0 Å². The molecule has 0 fully saturated rings. The van der Waals surface area contributed by atoms with Crippen LogP contribution in [0.5, 0.6) is 11.5 Å². The first-order valence-electron chi connectivity index (χ1n) is 8.74. The second-order valence-electron chi connectivity index (χ2n) is 6.60. The van der Waals surface area contributed by atoms with Crippen molar-refractivity contribution < 1.29 is 19.4 Å². The third-order valence-corrected chi connectivity index (χ3v) is 5.56. The number of aromatic hydroxyl groups is 2. The van der Waals surface area contributed by atoms with Crippen LogP contribution in [0.15, 0.2) is 52.4 Å². The maximum atomic E-state index is 13.0. The highest BCUT2D eigenvalue weighted by molar-refractivity contribution is 7.98. The number of thioether (sulfide) groups is 1. The number of nitrogens with zero attached hydrogens (tertiary/aromatic N) is 1. The molecular weight excluding hydrogens is 397 g/mol. The molecule has 1 atom stereocenters. The number of nitrogens with one attached hydrogen (secondary N) is 2. The molecule has 4 rings (SSSR count). The fourth-order valence-corrected chi connectivity index (χ4v) is 4.01. The monoisotopic (exact) mass is 413 g/mol. The van der Waals surface area contributed by atoms with Crippen molar-refractivity contribution >= 4 is 23.5 Å². The standard InChI is InChI=1S/C20H16FN3O4S/c21-12-4-1-10(2-5-12)9-29-20-23-18-17(19(28)24-20)13(8-16(27)22-18)11-3-6-14(25)15(26)7-11/h1-7,13,25-26H,8-9H2,(H2,22,23,24,27,28). The van der Waals surface area contributed by atoms with Crippen LogP contribution in [-0.2, 0) is 10.5 Å². The van der Waals surface area contributed by atoms with Gasteiger partial charge in [0.1, 0.15) is 11.6 Å². The zero-order valence-corrected chi connectivity index (χ0v) is 15.8. The number of hydrogen-bond acceptors (Lipinski definition) is 6.